The zero-order chi connectivity index (χ0) is 20.5. The highest BCUT2D eigenvalue weighted by Gasteiger charge is 2.41. The molecule has 0 bridgehead atoms. The van der Waals surface area contributed by atoms with Crippen molar-refractivity contribution in [3.05, 3.63) is 65.1 Å². The maximum Gasteiger partial charge on any atom is 0.232 e. The molecular weight excluding hydrogens is 373 g/mol. The van der Waals surface area contributed by atoms with Gasteiger partial charge in [-0.05, 0) is 31.0 Å². The Hall–Kier alpha value is -3.15. The molecule has 1 amide bonds. The number of rotatable bonds is 4. The molecule has 2 aliphatic rings. The van der Waals surface area contributed by atoms with Crippen LogP contribution >= 0.6 is 0 Å². The van der Waals surface area contributed by atoms with Gasteiger partial charge in [0.05, 0.1) is 19.9 Å². The summed E-state index contributed by atoms with van der Waals surface area (Å²) in [6.45, 7) is 0. The van der Waals surface area contributed by atoms with E-state index in [2.05, 4.69) is 0 Å². The second-order valence-electron chi connectivity index (χ2n) is 7.16. The lowest BCUT2D eigenvalue weighted by Gasteiger charge is -2.38. The predicted molar refractivity (Wildman–Crippen MR) is 107 cm³/mol. The second-order valence-corrected chi connectivity index (χ2v) is 7.16. The third kappa shape index (κ3) is 3.18. The highest BCUT2D eigenvalue weighted by Crippen LogP contribution is 2.47. The third-order valence-corrected chi connectivity index (χ3v) is 5.58. The van der Waals surface area contributed by atoms with Gasteiger partial charge < -0.3 is 9.47 Å². The van der Waals surface area contributed by atoms with Crippen LogP contribution in [0, 0.1) is 5.82 Å². The maximum absolute atomic E-state index is 14.5. The summed E-state index contributed by atoms with van der Waals surface area (Å²) in [5.41, 5.74) is 2.09. The van der Waals surface area contributed by atoms with Gasteiger partial charge in [0.15, 0.2) is 17.3 Å². The summed E-state index contributed by atoms with van der Waals surface area (Å²) in [7, 11) is 3.08. The minimum absolute atomic E-state index is 0.00466. The summed E-state index contributed by atoms with van der Waals surface area (Å²) in [4.78, 5) is 27.6. The van der Waals surface area contributed by atoms with Gasteiger partial charge in [-0.15, -0.1) is 0 Å². The first-order chi connectivity index (χ1) is 14.1. The van der Waals surface area contributed by atoms with E-state index >= 15 is 0 Å². The fourth-order valence-corrected chi connectivity index (χ4v) is 4.36. The van der Waals surface area contributed by atoms with Crippen molar-refractivity contribution in [1.29, 1.82) is 0 Å². The number of carbonyl (C=O) groups excluding carboxylic acids is 2. The number of hydrogen-bond acceptors (Lipinski definition) is 4. The maximum atomic E-state index is 14.5. The molecule has 0 saturated heterocycles. The summed E-state index contributed by atoms with van der Waals surface area (Å²) in [5, 5.41) is 0. The van der Waals surface area contributed by atoms with Crippen molar-refractivity contribution in [1.82, 2.24) is 0 Å². The molecule has 0 fully saturated rings. The summed E-state index contributed by atoms with van der Waals surface area (Å²) in [6.07, 6.45) is 1.66. The fraction of sp³-hybridized carbons (Fsp3) is 0.304. The van der Waals surface area contributed by atoms with E-state index in [1.807, 2.05) is 12.1 Å². The molecular formula is C23H22FNO4. The average molecular weight is 395 g/mol. The van der Waals surface area contributed by atoms with Crippen molar-refractivity contribution in [2.24, 2.45) is 0 Å². The molecule has 4 rings (SSSR count). The molecule has 1 aliphatic heterocycles. The molecule has 0 radical (unpaired) electrons. The number of halogens is 1. The molecule has 5 nitrogen and oxygen atoms in total. The fourth-order valence-electron chi connectivity index (χ4n) is 4.36. The molecule has 0 saturated carbocycles. The number of carbonyl (C=O) groups is 2. The van der Waals surface area contributed by atoms with Crippen LogP contribution in [-0.4, -0.2) is 25.9 Å². The lowest BCUT2D eigenvalue weighted by Crippen LogP contribution is -2.41. The standard InChI is InChI=1S/C23H22FNO4/c1-28-20-12-5-7-14(23(20)29-2)15-13-21(27)25(17-9-4-3-8-16(17)24)18-10-6-11-19(26)22(15)18/h3-5,7-9,12,15H,6,10-11,13H2,1-2H3. The first kappa shape index (κ1) is 19.2. The normalized spacial score (nSPS) is 19.3. The van der Waals surface area contributed by atoms with Gasteiger partial charge in [-0.1, -0.05) is 24.3 Å². The highest BCUT2D eigenvalue weighted by atomic mass is 19.1. The van der Waals surface area contributed by atoms with Crippen LogP contribution in [0.4, 0.5) is 10.1 Å². The van der Waals surface area contributed by atoms with Crippen LogP contribution in [-0.2, 0) is 9.59 Å². The van der Waals surface area contributed by atoms with E-state index in [1.165, 1.54) is 18.1 Å². The minimum atomic E-state index is -0.483. The number of ether oxygens (including phenoxy) is 2. The number of para-hydroxylation sites is 2. The zero-order valence-electron chi connectivity index (χ0n) is 16.4. The van der Waals surface area contributed by atoms with Crippen molar-refractivity contribution >= 4 is 17.4 Å². The van der Waals surface area contributed by atoms with Gasteiger partial charge in [0.1, 0.15) is 5.82 Å². The monoisotopic (exact) mass is 395 g/mol. The Morgan fingerprint density at radius 1 is 1.00 bits per heavy atom. The number of Topliss-reactive ketones (excluding diaryl/α,β-unsaturated/α-hetero) is 1. The zero-order valence-corrected chi connectivity index (χ0v) is 16.4. The molecule has 0 spiro atoms. The van der Waals surface area contributed by atoms with Crippen LogP contribution in [0.1, 0.15) is 37.2 Å². The van der Waals surface area contributed by atoms with Crippen molar-refractivity contribution < 1.29 is 23.5 Å². The quantitative estimate of drug-likeness (QED) is 0.771. The number of hydrogen-bond donors (Lipinski definition) is 0. The Labute approximate surface area is 168 Å². The molecule has 1 unspecified atom stereocenters. The Kier molecular flexibility index (Phi) is 5.09. The van der Waals surface area contributed by atoms with Crippen molar-refractivity contribution in [2.45, 2.75) is 31.6 Å². The van der Waals surface area contributed by atoms with E-state index in [-0.39, 0.29) is 23.8 Å². The number of anilines is 1. The summed E-state index contributed by atoms with van der Waals surface area (Å²) >= 11 is 0. The Bertz CT molecular complexity index is 1010. The molecule has 1 atom stereocenters. The smallest absolute Gasteiger partial charge is 0.232 e. The Morgan fingerprint density at radius 3 is 2.52 bits per heavy atom. The van der Waals surface area contributed by atoms with Crippen LogP contribution in [0.2, 0.25) is 0 Å². The van der Waals surface area contributed by atoms with Gasteiger partial charge in [-0.2, -0.15) is 0 Å². The summed E-state index contributed by atoms with van der Waals surface area (Å²) in [5.74, 6) is -0.119. The van der Waals surface area contributed by atoms with Gasteiger partial charge in [-0.3, -0.25) is 14.5 Å². The van der Waals surface area contributed by atoms with Crippen molar-refractivity contribution in [2.75, 3.05) is 19.1 Å². The minimum Gasteiger partial charge on any atom is -0.493 e. The lowest BCUT2D eigenvalue weighted by atomic mass is 9.76. The molecule has 29 heavy (non-hydrogen) atoms. The van der Waals surface area contributed by atoms with Gasteiger partial charge in [0.2, 0.25) is 5.91 Å². The first-order valence-electron chi connectivity index (χ1n) is 9.61. The molecule has 0 N–H and O–H groups in total. The van der Waals surface area contributed by atoms with E-state index in [1.54, 1.807) is 31.4 Å². The van der Waals surface area contributed by atoms with Crippen molar-refractivity contribution in [3.63, 3.8) is 0 Å². The Morgan fingerprint density at radius 2 is 1.79 bits per heavy atom. The number of methoxy groups -OCH3 is 2. The first-order valence-corrected chi connectivity index (χ1v) is 9.61. The predicted octanol–water partition coefficient (Wildman–Crippen LogP) is 4.37. The SMILES string of the molecule is COc1cccc(C2CC(=O)N(c3ccccc3F)C3=C2C(=O)CCC3)c1OC. The van der Waals surface area contributed by atoms with Gasteiger partial charge in [-0.25, -0.2) is 4.39 Å². The summed E-state index contributed by atoms with van der Waals surface area (Å²) < 4.78 is 25.5. The molecule has 6 heteroatoms. The van der Waals surface area contributed by atoms with E-state index in [4.69, 9.17) is 9.47 Å². The molecule has 150 valence electrons. The number of amides is 1. The molecule has 1 heterocycles. The largest absolute Gasteiger partial charge is 0.493 e. The number of ketones is 1. The van der Waals surface area contributed by atoms with Crippen LogP contribution in [0.3, 0.4) is 0 Å². The van der Waals surface area contributed by atoms with Crippen LogP contribution in [0.5, 0.6) is 11.5 Å². The van der Waals surface area contributed by atoms with E-state index in [0.29, 0.717) is 42.0 Å². The van der Waals surface area contributed by atoms with Gasteiger partial charge >= 0.3 is 0 Å². The van der Waals surface area contributed by atoms with E-state index in [0.717, 1.165) is 5.56 Å². The molecule has 0 aromatic heterocycles. The lowest BCUT2D eigenvalue weighted by molar-refractivity contribution is -0.120. The van der Waals surface area contributed by atoms with Crippen molar-refractivity contribution in [3.8, 4) is 11.5 Å². The number of nitrogens with zero attached hydrogens (tertiary/aromatic N) is 1. The van der Waals surface area contributed by atoms with Gasteiger partial charge in [0, 0.05) is 35.6 Å². The summed E-state index contributed by atoms with van der Waals surface area (Å²) in [6, 6.07) is 11.6. The third-order valence-electron chi connectivity index (χ3n) is 5.58. The van der Waals surface area contributed by atoms with Crippen LogP contribution in [0.15, 0.2) is 53.7 Å². The Balaban J connectivity index is 1.91. The topological polar surface area (TPSA) is 55.8 Å². The van der Waals surface area contributed by atoms with E-state index in [9.17, 15) is 14.0 Å². The molecule has 2 aromatic carbocycles. The number of benzene rings is 2. The molecule has 1 aliphatic carbocycles. The molecule has 2 aromatic rings. The highest BCUT2D eigenvalue weighted by molar-refractivity contribution is 6.07. The van der Waals surface area contributed by atoms with Crippen LogP contribution in [0.25, 0.3) is 0 Å². The average Bonchev–Trinajstić information content (AvgIpc) is 2.73. The number of allylic oxidation sites excluding steroid dienone is 2. The van der Waals surface area contributed by atoms with E-state index < -0.39 is 11.7 Å². The van der Waals surface area contributed by atoms with Gasteiger partial charge in [0.25, 0.3) is 0 Å². The van der Waals surface area contributed by atoms with Crippen LogP contribution < -0.4 is 14.4 Å². The second kappa shape index (κ2) is 7.70.